The summed E-state index contributed by atoms with van der Waals surface area (Å²) in [6, 6.07) is 8.50. The zero-order chi connectivity index (χ0) is 12.5. The second-order valence-corrected chi connectivity index (χ2v) is 5.23. The van der Waals surface area contributed by atoms with Crippen LogP contribution in [0, 0.1) is 5.92 Å². The van der Waals surface area contributed by atoms with E-state index in [1.54, 1.807) is 0 Å². The van der Waals surface area contributed by atoms with E-state index in [-0.39, 0.29) is 5.92 Å². The molecule has 0 unspecified atom stereocenters. The van der Waals surface area contributed by atoms with Crippen LogP contribution in [0.4, 0.5) is 0 Å². The Hall–Kier alpha value is -1.61. The first-order chi connectivity index (χ1) is 8.72. The SMILES string of the molecule is O=C(O)C1CN(CC2=Cc3ccccc3CC2)C1. The molecule has 1 aromatic carbocycles. The molecule has 0 radical (unpaired) electrons. The summed E-state index contributed by atoms with van der Waals surface area (Å²) in [7, 11) is 0. The molecule has 0 atom stereocenters. The predicted molar refractivity (Wildman–Crippen MR) is 70.3 cm³/mol. The van der Waals surface area contributed by atoms with Crippen LogP contribution in [-0.2, 0) is 11.2 Å². The second-order valence-electron chi connectivity index (χ2n) is 5.23. The van der Waals surface area contributed by atoms with Crippen molar-refractivity contribution in [3.8, 4) is 0 Å². The van der Waals surface area contributed by atoms with E-state index < -0.39 is 5.97 Å². The van der Waals surface area contributed by atoms with Crippen molar-refractivity contribution >= 4 is 12.0 Å². The van der Waals surface area contributed by atoms with Crippen LogP contribution >= 0.6 is 0 Å². The van der Waals surface area contributed by atoms with Crippen LogP contribution in [-0.4, -0.2) is 35.6 Å². The summed E-state index contributed by atoms with van der Waals surface area (Å²) >= 11 is 0. The largest absolute Gasteiger partial charge is 0.481 e. The first kappa shape index (κ1) is 11.5. The highest BCUT2D eigenvalue weighted by molar-refractivity contribution is 5.71. The molecule has 18 heavy (non-hydrogen) atoms. The molecule has 2 aliphatic rings. The predicted octanol–water partition coefficient (Wildman–Crippen LogP) is 2.03. The van der Waals surface area contributed by atoms with Crippen molar-refractivity contribution in [1.29, 1.82) is 0 Å². The average Bonchev–Trinajstić information content (AvgIpc) is 2.32. The Bertz CT molecular complexity index is 501. The van der Waals surface area contributed by atoms with Crippen molar-refractivity contribution in [1.82, 2.24) is 4.90 Å². The Morgan fingerprint density at radius 2 is 2.06 bits per heavy atom. The third-order valence-electron chi connectivity index (χ3n) is 3.86. The summed E-state index contributed by atoms with van der Waals surface area (Å²) < 4.78 is 0. The van der Waals surface area contributed by atoms with Gasteiger partial charge in [-0.2, -0.15) is 0 Å². The maximum Gasteiger partial charge on any atom is 0.309 e. The van der Waals surface area contributed by atoms with E-state index in [1.165, 1.54) is 16.7 Å². The van der Waals surface area contributed by atoms with Crippen LogP contribution < -0.4 is 0 Å². The number of fused-ring (bicyclic) bond motifs is 1. The minimum Gasteiger partial charge on any atom is -0.481 e. The second kappa shape index (κ2) is 4.58. The van der Waals surface area contributed by atoms with Crippen LogP contribution in [0.25, 0.3) is 6.08 Å². The summed E-state index contributed by atoms with van der Waals surface area (Å²) in [5, 5.41) is 8.85. The minimum atomic E-state index is -0.658. The lowest BCUT2D eigenvalue weighted by molar-refractivity contribution is -0.147. The maximum absolute atomic E-state index is 10.7. The molecule has 3 nitrogen and oxygen atoms in total. The molecule has 0 aromatic heterocycles. The third-order valence-corrected chi connectivity index (χ3v) is 3.86. The van der Waals surface area contributed by atoms with Gasteiger partial charge in [0.05, 0.1) is 5.92 Å². The number of nitrogens with zero attached hydrogens (tertiary/aromatic N) is 1. The lowest BCUT2D eigenvalue weighted by Gasteiger charge is -2.37. The molecule has 0 bridgehead atoms. The Labute approximate surface area is 107 Å². The fraction of sp³-hybridized carbons (Fsp3) is 0.400. The van der Waals surface area contributed by atoms with Gasteiger partial charge < -0.3 is 5.11 Å². The molecule has 0 spiro atoms. The first-order valence-corrected chi connectivity index (χ1v) is 6.45. The molecule has 0 saturated carbocycles. The Morgan fingerprint density at radius 3 is 2.83 bits per heavy atom. The molecule has 1 heterocycles. The number of aryl methyl sites for hydroxylation is 1. The zero-order valence-electron chi connectivity index (χ0n) is 10.3. The highest BCUT2D eigenvalue weighted by Gasteiger charge is 2.32. The van der Waals surface area contributed by atoms with E-state index in [1.807, 2.05) is 0 Å². The van der Waals surface area contributed by atoms with Gasteiger partial charge >= 0.3 is 5.97 Å². The van der Waals surface area contributed by atoms with Gasteiger partial charge in [0.2, 0.25) is 0 Å². The average molecular weight is 243 g/mol. The number of benzene rings is 1. The molecule has 94 valence electrons. The van der Waals surface area contributed by atoms with E-state index >= 15 is 0 Å². The van der Waals surface area contributed by atoms with Crippen LogP contribution in [0.2, 0.25) is 0 Å². The van der Waals surface area contributed by atoms with E-state index in [0.717, 1.165) is 19.4 Å². The van der Waals surface area contributed by atoms with Crippen molar-refractivity contribution < 1.29 is 9.90 Å². The van der Waals surface area contributed by atoms with Crippen molar-refractivity contribution in [3.05, 3.63) is 41.0 Å². The van der Waals surface area contributed by atoms with Crippen LogP contribution in [0.5, 0.6) is 0 Å². The summed E-state index contributed by atoms with van der Waals surface area (Å²) in [6.45, 7) is 2.33. The molecule has 1 aliphatic carbocycles. The van der Waals surface area contributed by atoms with Gasteiger partial charge in [0.25, 0.3) is 0 Å². The molecule has 1 aromatic rings. The van der Waals surface area contributed by atoms with Gasteiger partial charge in [-0.25, -0.2) is 0 Å². The standard InChI is InChI=1S/C15H17NO2/c17-15(18)14-9-16(10-14)8-11-5-6-12-3-1-2-4-13(12)7-11/h1-4,7,14H,5-6,8-10H2,(H,17,18). The smallest absolute Gasteiger partial charge is 0.309 e. The number of carboxylic acids is 1. The Balaban J connectivity index is 1.63. The quantitative estimate of drug-likeness (QED) is 0.883. The van der Waals surface area contributed by atoms with Crippen molar-refractivity contribution in [3.63, 3.8) is 0 Å². The fourth-order valence-electron chi connectivity index (χ4n) is 2.76. The van der Waals surface area contributed by atoms with Gasteiger partial charge in [0, 0.05) is 19.6 Å². The molecule has 1 aliphatic heterocycles. The maximum atomic E-state index is 10.7. The molecular weight excluding hydrogens is 226 g/mol. The number of aliphatic carboxylic acids is 1. The van der Waals surface area contributed by atoms with Gasteiger partial charge in [-0.1, -0.05) is 35.9 Å². The summed E-state index contributed by atoms with van der Waals surface area (Å²) in [5.41, 5.74) is 4.18. The number of hydrogen-bond acceptors (Lipinski definition) is 2. The van der Waals surface area contributed by atoms with Crippen molar-refractivity contribution in [2.24, 2.45) is 5.92 Å². The van der Waals surface area contributed by atoms with Crippen LogP contribution in [0.3, 0.4) is 0 Å². The van der Waals surface area contributed by atoms with Gasteiger partial charge in [-0.3, -0.25) is 9.69 Å². The summed E-state index contributed by atoms with van der Waals surface area (Å²) in [4.78, 5) is 13.0. The Kier molecular flexibility index (Phi) is 2.92. The normalized spacial score (nSPS) is 19.9. The van der Waals surface area contributed by atoms with E-state index in [4.69, 9.17) is 5.11 Å². The van der Waals surface area contributed by atoms with Crippen LogP contribution in [0.1, 0.15) is 17.5 Å². The zero-order valence-corrected chi connectivity index (χ0v) is 10.3. The number of hydrogen-bond donors (Lipinski definition) is 1. The minimum absolute atomic E-state index is 0.151. The highest BCUT2D eigenvalue weighted by atomic mass is 16.4. The third kappa shape index (κ3) is 2.18. The topological polar surface area (TPSA) is 40.5 Å². The van der Waals surface area contributed by atoms with Crippen molar-refractivity contribution in [2.45, 2.75) is 12.8 Å². The number of likely N-dealkylation sites (tertiary alicyclic amines) is 1. The van der Waals surface area contributed by atoms with E-state index in [0.29, 0.717) is 13.1 Å². The van der Waals surface area contributed by atoms with Gasteiger partial charge in [-0.05, 0) is 24.0 Å². The first-order valence-electron chi connectivity index (χ1n) is 6.45. The van der Waals surface area contributed by atoms with Gasteiger partial charge in [0.15, 0.2) is 0 Å². The van der Waals surface area contributed by atoms with Gasteiger partial charge in [0.1, 0.15) is 0 Å². The molecule has 1 saturated heterocycles. The number of carbonyl (C=O) groups is 1. The van der Waals surface area contributed by atoms with Crippen molar-refractivity contribution in [2.75, 3.05) is 19.6 Å². The number of rotatable bonds is 3. The molecule has 1 N–H and O–H groups in total. The fourth-order valence-corrected chi connectivity index (χ4v) is 2.76. The molecule has 1 fully saturated rings. The lowest BCUT2D eigenvalue weighted by Crippen LogP contribution is -2.50. The van der Waals surface area contributed by atoms with Gasteiger partial charge in [-0.15, -0.1) is 0 Å². The van der Waals surface area contributed by atoms with Crippen LogP contribution in [0.15, 0.2) is 29.8 Å². The van der Waals surface area contributed by atoms with E-state index in [2.05, 4.69) is 35.2 Å². The number of carboxylic acid groups (broad SMARTS) is 1. The molecule has 3 rings (SSSR count). The lowest BCUT2D eigenvalue weighted by atomic mass is 9.91. The molecule has 3 heteroatoms. The summed E-state index contributed by atoms with van der Waals surface area (Å²) in [5.74, 6) is -0.810. The molecule has 0 amide bonds. The Morgan fingerprint density at radius 1 is 1.28 bits per heavy atom. The molecular formula is C15H17NO2. The van der Waals surface area contributed by atoms with E-state index in [9.17, 15) is 4.79 Å². The monoisotopic (exact) mass is 243 g/mol. The highest BCUT2D eigenvalue weighted by Crippen LogP contribution is 2.26. The summed E-state index contributed by atoms with van der Waals surface area (Å²) in [6.07, 6.45) is 4.48.